The number of aryl methyl sites for hydroxylation is 1. The Hall–Kier alpha value is -1.30. The van der Waals surface area contributed by atoms with Crippen molar-refractivity contribution in [2.45, 2.75) is 46.5 Å². The summed E-state index contributed by atoms with van der Waals surface area (Å²) in [5.74, 6) is 1.59. The van der Waals surface area contributed by atoms with E-state index in [1.165, 1.54) is 36.0 Å². The summed E-state index contributed by atoms with van der Waals surface area (Å²) in [5.41, 5.74) is 4.16. The second-order valence-electron chi connectivity index (χ2n) is 5.81. The van der Waals surface area contributed by atoms with Crippen molar-refractivity contribution in [1.82, 2.24) is 0 Å². The molecule has 1 aromatic carbocycles. The fraction of sp³-hybridized carbons (Fsp3) is 0.474. The Kier molecular flexibility index (Phi) is 5.01. The highest BCUT2D eigenvalue weighted by Gasteiger charge is 2.12. The van der Waals surface area contributed by atoms with Gasteiger partial charge in [0.2, 0.25) is 0 Å². The molecule has 0 aromatic heterocycles. The predicted molar refractivity (Wildman–Crippen MR) is 85.1 cm³/mol. The van der Waals surface area contributed by atoms with E-state index in [0.29, 0.717) is 0 Å². The summed E-state index contributed by atoms with van der Waals surface area (Å²) >= 11 is 0. The van der Waals surface area contributed by atoms with Crippen LogP contribution < -0.4 is 0 Å². The lowest BCUT2D eigenvalue weighted by atomic mass is 9.86. The van der Waals surface area contributed by atoms with Gasteiger partial charge in [-0.2, -0.15) is 0 Å². The van der Waals surface area contributed by atoms with Crippen LogP contribution in [0.1, 0.15) is 51.2 Å². The molecule has 0 nitrogen and oxygen atoms in total. The molecule has 1 aromatic rings. The molecule has 0 bridgehead atoms. The fourth-order valence-corrected chi connectivity index (χ4v) is 2.67. The Morgan fingerprint density at radius 2 is 1.89 bits per heavy atom. The van der Waals surface area contributed by atoms with Gasteiger partial charge in [-0.15, -0.1) is 0 Å². The maximum Gasteiger partial charge on any atom is -0.0187 e. The molecular weight excluding hydrogens is 228 g/mol. The lowest BCUT2D eigenvalue weighted by Gasteiger charge is -2.19. The van der Waals surface area contributed by atoms with Gasteiger partial charge in [0.25, 0.3) is 0 Å². The molecule has 0 saturated heterocycles. The van der Waals surface area contributed by atoms with Crippen molar-refractivity contribution >= 4 is 5.57 Å². The largest absolute Gasteiger partial charge is 0.0805 e. The number of hydrogen-bond acceptors (Lipinski definition) is 0. The molecule has 0 amide bonds. The Morgan fingerprint density at radius 1 is 1.16 bits per heavy atom. The summed E-state index contributed by atoms with van der Waals surface area (Å²) in [5, 5.41) is 0. The Morgan fingerprint density at radius 3 is 2.42 bits per heavy atom. The normalized spacial score (nSPS) is 20.2. The molecule has 19 heavy (non-hydrogen) atoms. The van der Waals surface area contributed by atoms with Crippen molar-refractivity contribution in [3.05, 3.63) is 53.6 Å². The van der Waals surface area contributed by atoms with E-state index in [-0.39, 0.29) is 0 Å². The summed E-state index contributed by atoms with van der Waals surface area (Å²) in [7, 11) is 0. The van der Waals surface area contributed by atoms with E-state index in [1.807, 2.05) is 0 Å². The summed E-state index contributed by atoms with van der Waals surface area (Å²) in [6.45, 7) is 6.85. The summed E-state index contributed by atoms with van der Waals surface area (Å²) < 4.78 is 0. The highest BCUT2D eigenvalue weighted by Crippen LogP contribution is 2.28. The minimum Gasteiger partial charge on any atom is -0.0805 e. The monoisotopic (exact) mass is 254 g/mol. The average Bonchev–Trinajstić information content (AvgIpc) is 2.48. The topological polar surface area (TPSA) is 0 Å². The van der Waals surface area contributed by atoms with E-state index in [4.69, 9.17) is 0 Å². The molecule has 2 atom stereocenters. The molecule has 102 valence electrons. The number of benzene rings is 1. The standard InChI is InChI=1S/C19H26/c1-4-15(3)14-17-8-12-19(13-9-17)18-10-6-16(5-2)7-11-18/h6-8,10-13,15,17H,4-5,9,14H2,1-3H3. The fourth-order valence-electron chi connectivity index (χ4n) is 2.67. The first-order valence-corrected chi connectivity index (χ1v) is 7.70. The number of rotatable bonds is 5. The van der Waals surface area contributed by atoms with Crippen LogP contribution in [0.25, 0.3) is 5.57 Å². The SMILES string of the molecule is CCc1ccc(C2=CCC(CC(C)CC)C=C2)cc1. The van der Waals surface area contributed by atoms with Gasteiger partial charge in [0, 0.05) is 0 Å². The molecule has 1 aliphatic rings. The maximum atomic E-state index is 2.41. The third-order valence-corrected chi connectivity index (χ3v) is 4.29. The van der Waals surface area contributed by atoms with Crippen molar-refractivity contribution in [3.63, 3.8) is 0 Å². The molecule has 0 saturated carbocycles. The summed E-state index contributed by atoms with van der Waals surface area (Å²) in [6, 6.07) is 9.00. The molecule has 0 radical (unpaired) electrons. The number of allylic oxidation sites excluding steroid dienone is 4. The first-order valence-electron chi connectivity index (χ1n) is 7.70. The Balaban J connectivity index is 1.99. The van der Waals surface area contributed by atoms with E-state index in [2.05, 4.69) is 63.3 Å². The predicted octanol–water partition coefficient (Wildman–Crippen LogP) is 5.64. The molecule has 1 aliphatic carbocycles. The molecule has 0 spiro atoms. The van der Waals surface area contributed by atoms with Crippen LogP contribution in [0.15, 0.2) is 42.5 Å². The van der Waals surface area contributed by atoms with E-state index in [9.17, 15) is 0 Å². The smallest absolute Gasteiger partial charge is 0.0187 e. The zero-order valence-corrected chi connectivity index (χ0v) is 12.5. The van der Waals surface area contributed by atoms with Crippen LogP contribution in [0.2, 0.25) is 0 Å². The molecule has 0 aliphatic heterocycles. The lowest BCUT2D eigenvalue weighted by Crippen LogP contribution is -2.05. The van der Waals surface area contributed by atoms with Gasteiger partial charge < -0.3 is 0 Å². The average molecular weight is 254 g/mol. The maximum absolute atomic E-state index is 2.41. The second-order valence-corrected chi connectivity index (χ2v) is 5.81. The van der Waals surface area contributed by atoms with E-state index >= 15 is 0 Å². The molecule has 0 heteroatoms. The van der Waals surface area contributed by atoms with Crippen LogP contribution in [-0.4, -0.2) is 0 Å². The van der Waals surface area contributed by atoms with Crippen molar-refractivity contribution < 1.29 is 0 Å². The Bertz CT molecular complexity index is 447. The van der Waals surface area contributed by atoms with Crippen LogP contribution in [0.3, 0.4) is 0 Å². The van der Waals surface area contributed by atoms with Crippen molar-refractivity contribution in [3.8, 4) is 0 Å². The first kappa shape index (κ1) is 14.1. The van der Waals surface area contributed by atoms with Crippen LogP contribution in [0, 0.1) is 11.8 Å². The van der Waals surface area contributed by atoms with Gasteiger partial charge in [-0.05, 0) is 47.8 Å². The van der Waals surface area contributed by atoms with Gasteiger partial charge in [-0.25, -0.2) is 0 Å². The van der Waals surface area contributed by atoms with Crippen LogP contribution in [-0.2, 0) is 6.42 Å². The van der Waals surface area contributed by atoms with Gasteiger partial charge in [0.05, 0.1) is 0 Å². The van der Waals surface area contributed by atoms with Gasteiger partial charge in [0.1, 0.15) is 0 Å². The van der Waals surface area contributed by atoms with E-state index in [1.54, 1.807) is 0 Å². The second kappa shape index (κ2) is 6.75. The molecular formula is C19H26. The number of hydrogen-bond donors (Lipinski definition) is 0. The van der Waals surface area contributed by atoms with Crippen molar-refractivity contribution in [2.75, 3.05) is 0 Å². The van der Waals surface area contributed by atoms with E-state index < -0.39 is 0 Å². The molecule has 2 unspecified atom stereocenters. The van der Waals surface area contributed by atoms with Gasteiger partial charge in [-0.1, -0.05) is 69.7 Å². The van der Waals surface area contributed by atoms with Crippen molar-refractivity contribution in [1.29, 1.82) is 0 Å². The van der Waals surface area contributed by atoms with Gasteiger partial charge in [-0.3, -0.25) is 0 Å². The molecule has 2 rings (SSSR count). The van der Waals surface area contributed by atoms with Gasteiger partial charge >= 0.3 is 0 Å². The third kappa shape index (κ3) is 3.83. The highest BCUT2D eigenvalue weighted by molar-refractivity contribution is 5.75. The van der Waals surface area contributed by atoms with Crippen LogP contribution in [0.4, 0.5) is 0 Å². The zero-order valence-electron chi connectivity index (χ0n) is 12.5. The van der Waals surface area contributed by atoms with Crippen molar-refractivity contribution in [2.24, 2.45) is 11.8 Å². The minimum absolute atomic E-state index is 0.744. The van der Waals surface area contributed by atoms with Crippen LogP contribution in [0.5, 0.6) is 0 Å². The van der Waals surface area contributed by atoms with Crippen LogP contribution >= 0.6 is 0 Å². The third-order valence-electron chi connectivity index (χ3n) is 4.29. The summed E-state index contributed by atoms with van der Waals surface area (Å²) in [4.78, 5) is 0. The molecule has 0 heterocycles. The quantitative estimate of drug-likeness (QED) is 0.637. The lowest BCUT2D eigenvalue weighted by molar-refractivity contribution is 0.436. The zero-order chi connectivity index (χ0) is 13.7. The Labute approximate surface area is 118 Å². The van der Waals surface area contributed by atoms with Gasteiger partial charge in [0.15, 0.2) is 0 Å². The first-order chi connectivity index (χ1) is 9.22. The highest BCUT2D eigenvalue weighted by atomic mass is 14.2. The minimum atomic E-state index is 0.744. The molecule has 0 N–H and O–H groups in total. The summed E-state index contributed by atoms with van der Waals surface area (Å²) in [6.07, 6.45) is 12.1. The molecule has 0 fully saturated rings. The van der Waals surface area contributed by atoms with E-state index in [0.717, 1.165) is 18.3 Å².